The molecule has 0 saturated carbocycles. The van der Waals surface area contributed by atoms with Gasteiger partial charge in [0.1, 0.15) is 5.78 Å². The fourth-order valence-electron chi connectivity index (χ4n) is 0.805. The van der Waals surface area contributed by atoms with E-state index in [2.05, 4.69) is 6.92 Å². The van der Waals surface area contributed by atoms with E-state index < -0.39 is 0 Å². The van der Waals surface area contributed by atoms with Crippen molar-refractivity contribution in [1.29, 1.82) is 0 Å². The number of carbonyl (C=O) groups excluding carboxylic acids is 1. The molecule has 0 N–H and O–H groups in total. The molecular formula is C8H16OS. The highest BCUT2D eigenvalue weighted by Gasteiger charge is 1.98. The molecule has 0 fully saturated rings. The monoisotopic (exact) mass is 160 g/mol. The Labute approximate surface area is 67.6 Å². The number of thioether (sulfide) groups is 1. The number of hydrogen-bond acceptors (Lipinski definition) is 2. The lowest BCUT2D eigenvalue weighted by atomic mass is 10.2. The second-order valence-corrected chi connectivity index (χ2v) is 3.29. The maximum absolute atomic E-state index is 10.9. The van der Waals surface area contributed by atoms with Crippen molar-refractivity contribution in [2.75, 3.05) is 12.0 Å². The van der Waals surface area contributed by atoms with Crippen LogP contribution in [0.2, 0.25) is 0 Å². The summed E-state index contributed by atoms with van der Waals surface area (Å²) in [4.78, 5) is 10.9. The standard InChI is InChI=1S/C8H16OS/c1-3-4-5-6-8(9)7-10-2/h3-7H2,1-2H3. The van der Waals surface area contributed by atoms with Crippen LogP contribution in [-0.2, 0) is 4.79 Å². The highest BCUT2D eigenvalue weighted by atomic mass is 32.2. The molecule has 0 saturated heterocycles. The maximum Gasteiger partial charge on any atom is 0.142 e. The Morgan fingerprint density at radius 1 is 1.40 bits per heavy atom. The van der Waals surface area contributed by atoms with Crippen molar-refractivity contribution in [3.63, 3.8) is 0 Å². The first-order valence-electron chi connectivity index (χ1n) is 3.82. The molecule has 0 aliphatic rings. The molecule has 0 aromatic heterocycles. The summed E-state index contributed by atoms with van der Waals surface area (Å²) in [6.07, 6.45) is 6.23. The van der Waals surface area contributed by atoms with Gasteiger partial charge in [-0.2, -0.15) is 11.8 Å². The van der Waals surface area contributed by atoms with Gasteiger partial charge in [0.15, 0.2) is 0 Å². The van der Waals surface area contributed by atoms with Crippen LogP contribution in [0.4, 0.5) is 0 Å². The van der Waals surface area contributed by atoms with Gasteiger partial charge in [0, 0.05) is 6.42 Å². The highest BCUT2D eigenvalue weighted by molar-refractivity contribution is 7.99. The number of hydrogen-bond donors (Lipinski definition) is 0. The van der Waals surface area contributed by atoms with Crippen LogP contribution in [0.15, 0.2) is 0 Å². The van der Waals surface area contributed by atoms with Gasteiger partial charge >= 0.3 is 0 Å². The van der Waals surface area contributed by atoms with Crippen LogP contribution >= 0.6 is 11.8 Å². The fraction of sp³-hybridized carbons (Fsp3) is 0.875. The second-order valence-electron chi connectivity index (χ2n) is 2.43. The van der Waals surface area contributed by atoms with Crippen molar-refractivity contribution in [3.8, 4) is 0 Å². The molecule has 2 heteroatoms. The van der Waals surface area contributed by atoms with Gasteiger partial charge in [0.2, 0.25) is 0 Å². The highest BCUT2D eigenvalue weighted by Crippen LogP contribution is 2.02. The van der Waals surface area contributed by atoms with E-state index >= 15 is 0 Å². The van der Waals surface area contributed by atoms with Crippen molar-refractivity contribution in [3.05, 3.63) is 0 Å². The van der Waals surface area contributed by atoms with E-state index in [1.165, 1.54) is 12.8 Å². The van der Waals surface area contributed by atoms with Gasteiger partial charge in [-0.05, 0) is 12.7 Å². The fourth-order valence-corrected chi connectivity index (χ4v) is 1.27. The summed E-state index contributed by atoms with van der Waals surface area (Å²) < 4.78 is 0. The van der Waals surface area contributed by atoms with Gasteiger partial charge in [-0.1, -0.05) is 19.8 Å². The minimum atomic E-state index is 0.404. The zero-order valence-corrected chi connectivity index (χ0v) is 7.67. The average Bonchev–Trinajstić information content (AvgIpc) is 1.89. The molecule has 0 aromatic carbocycles. The number of Topliss-reactive ketones (excluding diaryl/α,β-unsaturated/α-hetero) is 1. The summed E-state index contributed by atoms with van der Waals surface area (Å²) in [5, 5.41) is 0. The predicted molar refractivity (Wildman–Crippen MR) is 47.5 cm³/mol. The Morgan fingerprint density at radius 2 is 2.10 bits per heavy atom. The minimum absolute atomic E-state index is 0.404. The van der Waals surface area contributed by atoms with E-state index in [1.807, 2.05) is 6.26 Å². The Balaban J connectivity index is 3.05. The average molecular weight is 160 g/mol. The van der Waals surface area contributed by atoms with Gasteiger partial charge in [-0.15, -0.1) is 0 Å². The van der Waals surface area contributed by atoms with Crippen LogP contribution in [0.1, 0.15) is 32.6 Å². The van der Waals surface area contributed by atoms with Crippen molar-refractivity contribution in [2.24, 2.45) is 0 Å². The molecular weight excluding hydrogens is 144 g/mol. The molecule has 0 aliphatic heterocycles. The molecule has 0 unspecified atom stereocenters. The predicted octanol–water partition coefficient (Wildman–Crippen LogP) is 2.50. The van der Waals surface area contributed by atoms with Crippen molar-refractivity contribution in [2.45, 2.75) is 32.6 Å². The number of rotatable bonds is 6. The first-order valence-corrected chi connectivity index (χ1v) is 5.21. The molecule has 60 valence electrons. The van der Waals surface area contributed by atoms with Crippen LogP contribution in [0.25, 0.3) is 0 Å². The third-order valence-corrected chi connectivity index (χ3v) is 1.98. The Bertz CT molecular complexity index is 91.3. The molecule has 0 radical (unpaired) electrons. The van der Waals surface area contributed by atoms with Crippen molar-refractivity contribution in [1.82, 2.24) is 0 Å². The number of unbranched alkanes of at least 4 members (excludes halogenated alkanes) is 2. The van der Waals surface area contributed by atoms with Crippen LogP contribution < -0.4 is 0 Å². The van der Waals surface area contributed by atoms with Gasteiger partial charge in [-0.3, -0.25) is 4.79 Å². The molecule has 0 aromatic rings. The lowest BCUT2D eigenvalue weighted by Crippen LogP contribution is -1.99. The smallest absolute Gasteiger partial charge is 0.142 e. The summed E-state index contributed by atoms with van der Waals surface area (Å²) >= 11 is 1.62. The largest absolute Gasteiger partial charge is 0.299 e. The van der Waals surface area contributed by atoms with E-state index in [4.69, 9.17) is 0 Å². The Kier molecular flexibility index (Phi) is 7.15. The van der Waals surface area contributed by atoms with Gasteiger partial charge < -0.3 is 0 Å². The zero-order chi connectivity index (χ0) is 7.82. The summed E-state index contributed by atoms with van der Waals surface area (Å²) in [5.74, 6) is 1.10. The van der Waals surface area contributed by atoms with Gasteiger partial charge in [0.05, 0.1) is 5.75 Å². The summed E-state index contributed by atoms with van der Waals surface area (Å²) in [6.45, 7) is 2.15. The normalized spacial score (nSPS) is 9.80. The van der Waals surface area contributed by atoms with Crippen LogP contribution in [0.3, 0.4) is 0 Å². The molecule has 0 spiro atoms. The van der Waals surface area contributed by atoms with Gasteiger partial charge in [0.25, 0.3) is 0 Å². The third kappa shape index (κ3) is 6.14. The molecule has 0 atom stereocenters. The van der Waals surface area contributed by atoms with Crippen LogP contribution in [0, 0.1) is 0 Å². The molecule has 0 heterocycles. The molecule has 1 nitrogen and oxygen atoms in total. The van der Waals surface area contributed by atoms with E-state index in [1.54, 1.807) is 11.8 Å². The summed E-state index contributed by atoms with van der Waals surface area (Å²) in [7, 11) is 0. The summed E-state index contributed by atoms with van der Waals surface area (Å²) in [6, 6.07) is 0. The zero-order valence-electron chi connectivity index (χ0n) is 6.85. The van der Waals surface area contributed by atoms with E-state index in [0.717, 1.165) is 12.8 Å². The van der Waals surface area contributed by atoms with E-state index in [-0.39, 0.29) is 0 Å². The third-order valence-electron chi connectivity index (χ3n) is 1.36. The van der Waals surface area contributed by atoms with Crippen LogP contribution in [-0.4, -0.2) is 17.8 Å². The van der Waals surface area contributed by atoms with Crippen molar-refractivity contribution < 1.29 is 4.79 Å². The van der Waals surface area contributed by atoms with Crippen molar-refractivity contribution >= 4 is 17.5 Å². The van der Waals surface area contributed by atoms with Crippen LogP contribution in [0.5, 0.6) is 0 Å². The quantitative estimate of drug-likeness (QED) is 0.555. The Morgan fingerprint density at radius 3 is 2.60 bits per heavy atom. The minimum Gasteiger partial charge on any atom is -0.299 e. The topological polar surface area (TPSA) is 17.1 Å². The molecule has 0 amide bonds. The second kappa shape index (κ2) is 7.13. The van der Waals surface area contributed by atoms with E-state index in [9.17, 15) is 4.79 Å². The first kappa shape index (κ1) is 10.0. The SMILES string of the molecule is CCCCCC(=O)CSC. The number of carbonyl (C=O) groups is 1. The molecule has 0 rings (SSSR count). The molecule has 0 bridgehead atoms. The lowest BCUT2D eigenvalue weighted by molar-refractivity contribution is -0.116. The summed E-state index contributed by atoms with van der Waals surface area (Å²) in [5.41, 5.74) is 0. The molecule has 10 heavy (non-hydrogen) atoms. The lowest BCUT2D eigenvalue weighted by Gasteiger charge is -1.96. The Hall–Kier alpha value is 0.0200. The maximum atomic E-state index is 10.9. The number of ketones is 1. The molecule has 0 aliphatic carbocycles. The first-order chi connectivity index (χ1) is 4.81. The van der Waals surface area contributed by atoms with Gasteiger partial charge in [-0.25, -0.2) is 0 Å². The van der Waals surface area contributed by atoms with E-state index in [0.29, 0.717) is 11.5 Å².